The van der Waals surface area contributed by atoms with Gasteiger partial charge in [0.1, 0.15) is 11.2 Å². The highest BCUT2D eigenvalue weighted by molar-refractivity contribution is 5.84. The van der Waals surface area contributed by atoms with Gasteiger partial charge in [0.15, 0.2) is 0 Å². The molecule has 0 bridgehead atoms. The summed E-state index contributed by atoms with van der Waals surface area (Å²) in [6.45, 7) is 6.13. The van der Waals surface area contributed by atoms with Gasteiger partial charge in [0.05, 0.1) is 19.5 Å². The van der Waals surface area contributed by atoms with E-state index in [2.05, 4.69) is 18.2 Å². The van der Waals surface area contributed by atoms with Gasteiger partial charge in [-0.05, 0) is 38.0 Å². The predicted molar refractivity (Wildman–Crippen MR) is 91.9 cm³/mol. The highest BCUT2D eigenvalue weighted by Crippen LogP contribution is 2.22. The van der Waals surface area contributed by atoms with E-state index in [1.165, 1.54) is 5.56 Å². The van der Waals surface area contributed by atoms with Crippen LogP contribution in [0.3, 0.4) is 0 Å². The van der Waals surface area contributed by atoms with Crippen molar-refractivity contribution in [1.82, 2.24) is 4.90 Å². The molecular formula is C19H25NO4. The highest BCUT2D eigenvalue weighted by atomic mass is 16.5. The van der Waals surface area contributed by atoms with Gasteiger partial charge in [-0.2, -0.15) is 0 Å². The van der Waals surface area contributed by atoms with Crippen molar-refractivity contribution in [2.45, 2.75) is 25.9 Å². The molecule has 0 unspecified atom stereocenters. The standard InChI is InChI=1S/C19H25NO4/c1-19(2,22-3)18(21)20-7-9-23-13-15(12-20)10-14-4-5-16-6-8-24-17(16)11-14/h4-6,8,11,15H,7,9-10,12-13H2,1-3H3/t15-/m0/s1. The lowest BCUT2D eigenvalue weighted by molar-refractivity contribution is -0.151. The van der Waals surface area contributed by atoms with E-state index in [9.17, 15) is 4.79 Å². The molecule has 5 nitrogen and oxygen atoms in total. The molecule has 3 rings (SSSR count). The first-order chi connectivity index (χ1) is 11.5. The van der Waals surface area contributed by atoms with E-state index in [0.717, 1.165) is 17.4 Å². The van der Waals surface area contributed by atoms with Crippen LogP contribution in [-0.2, 0) is 20.7 Å². The molecule has 130 valence electrons. The van der Waals surface area contributed by atoms with Crippen molar-refractivity contribution < 1.29 is 18.7 Å². The molecule has 1 aliphatic heterocycles. The fraction of sp³-hybridized carbons (Fsp3) is 0.526. The molecule has 1 aliphatic rings. The number of hydrogen-bond donors (Lipinski definition) is 0. The number of amides is 1. The predicted octanol–water partition coefficient (Wildman–Crippen LogP) is 2.88. The minimum absolute atomic E-state index is 0.0157. The number of methoxy groups -OCH3 is 1. The molecule has 0 spiro atoms. The average Bonchev–Trinajstić information content (AvgIpc) is 2.92. The largest absolute Gasteiger partial charge is 0.464 e. The number of ether oxygens (including phenoxy) is 2. The lowest BCUT2D eigenvalue weighted by Crippen LogP contribution is -2.48. The number of benzene rings is 1. The molecule has 2 heterocycles. The number of nitrogens with zero attached hydrogens (tertiary/aromatic N) is 1. The molecule has 5 heteroatoms. The maximum absolute atomic E-state index is 12.7. The molecule has 0 aliphatic carbocycles. The number of furan rings is 1. The molecule has 1 aromatic heterocycles. The fourth-order valence-electron chi connectivity index (χ4n) is 3.12. The summed E-state index contributed by atoms with van der Waals surface area (Å²) in [6, 6.07) is 8.23. The maximum atomic E-state index is 12.7. The Labute approximate surface area is 142 Å². The summed E-state index contributed by atoms with van der Waals surface area (Å²) in [5.41, 5.74) is 1.30. The summed E-state index contributed by atoms with van der Waals surface area (Å²) in [5.74, 6) is 0.276. The van der Waals surface area contributed by atoms with Crippen molar-refractivity contribution in [2.24, 2.45) is 5.92 Å². The Hall–Kier alpha value is -1.85. The second-order valence-corrected chi connectivity index (χ2v) is 6.90. The van der Waals surface area contributed by atoms with Gasteiger partial charge in [-0.25, -0.2) is 0 Å². The minimum Gasteiger partial charge on any atom is -0.464 e. The fourth-order valence-corrected chi connectivity index (χ4v) is 3.12. The summed E-state index contributed by atoms with van der Waals surface area (Å²) in [5, 5.41) is 1.11. The topological polar surface area (TPSA) is 51.9 Å². The SMILES string of the molecule is COC(C)(C)C(=O)N1CCOC[C@@H](Cc2ccc3ccoc3c2)C1. The summed E-state index contributed by atoms with van der Waals surface area (Å²) < 4.78 is 16.5. The molecule has 24 heavy (non-hydrogen) atoms. The second kappa shape index (κ2) is 6.95. The molecule has 2 aromatic rings. The third-order valence-electron chi connectivity index (χ3n) is 4.70. The highest BCUT2D eigenvalue weighted by Gasteiger charge is 2.33. The zero-order chi connectivity index (χ0) is 17.2. The smallest absolute Gasteiger partial charge is 0.254 e. The molecule has 1 amide bonds. The van der Waals surface area contributed by atoms with Crippen molar-refractivity contribution >= 4 is 16.9 Å². The summed E-state index contributed by atoms with van der Waals surface area (Å²) >= 11 is 0. The van der Waals surface area contributed by atoms with E-state index < -0.39 is 5.60 Å². The molecule has 1 fully saturated rings. The van der Waals surface area contributed by atoms with Crippen LogP contribution >= 0.6 is 0 Å². The van der Waals surface area contributed by atoms with Crippen LogP contribution in [-0.4, -0.2) is 49.8 Å². The number of fused-ring (bicyclic) bond motifs is 1. The lowest BCUT2D eigenvalue weighted by atomic mass is 9.98. The lowest BCUT2D eigenvalue weighted by Gasteiger charge is -2.31. The quantitative estimate of drug-likeness (QED) is 0.864. The Balaban J connectivity index is 1.71. The van der Waals surface area contributed by atoms with Crippen molar-refractivity contribution in [1.29, 1.82) is 0 Å². The van der Waals surface area contributed by atoms with Crippen LogP contribution in [0.4, 0.5) is 0 Å². The number of carbonyl (C=O) groups is 1. The van der Waals surface area contributed by atoms with Gasteiger partial charge in [-0.15, -0.1) is 0 Å². The van der Waals surface area contributed by atoms with Crippen LogP contribution in [0.5, 0.6) is 0 Å². The molecule has 0 N–H and O–H groups in total. The average molecular weight is 331 g/mol. The Morgan fingerprint density at radius 3 is 3.00 bits per heavy atom. The van der Waals surface area contributed by atoms with Crippen LogP contribution in [0.25, 0.3) is 11.0 Å². The Kier molecular flexibility index (Phi) is 4.92. The first-order valence-corrected chi connectivity index (χ1v) is 8.38. The van der Waals surface area contributed by atoms with E-state index in [0.29, 0.717) is 26.3 Å². The monoisotopic (exact) mass is 331 g/mol. The Morgan fingerprint density at radius 1 is 1.38 bits per heavy atom. The molecule has 0 radical (unpaired) electrons. The van der Waals surface area contributed by atoms with Gasteiger partial charge < -0.3 is 18.8 Å². The van der Waals surface area contributed by atoms with E-state index in [-0.39, 0.29) is 11.8 Å². The zero-order valence-electron chi connectivity index (χ0n) is 14.6. The Morgan fingerprint density at radius 2 is 2.21 bits per heavy atom. The maximum Gasteiger partial charge on any atom is 0.254 e. The van der Waals surface area contributed by atoms with Crippen LogP contribution < -0.4 is 0 Å². The molecule has 1 aromatic carbocycles. The van der Waals surface area contributed by atoms with Crippen molar-refractivity contribution in [2.75, 3.05) is 33.4 Å². The van der Waals surface area contributed by atoms with Gasteiger partial charge in [0.2, 0.25) is 0 Å². The summed E-state index contributed by atoms with van der Waals surface area (Å²) in [4.78, 5) is 14.5. The normalized spacial score (nSPS) is 19.5. The first kappa shape index (κ1) is 17.0. The second-order valence-electron chi connectivity index (χ2n) is 6.90. The van der Waals surface area contributed by atoms with Crippen LogP contribution in [0, 0.1) is 5.92 Å². The van der Waals surface area contributed by atoms with Crippen LogP contribution in [0.2, 0.25) is 0 Å². The first-order valence-electron chi connectivity index (χ1n) is 8.38. The number of carbonyl (C=O) groups excluding carboxylic acids is 1. The third-order valence-corrected chi connectivity index (χ3v) is 4.70. The number of rotatable bonds is 4. The van der Waals surface area contributed by atoms with Crippen LogP contribution in [0.1, 0.15) is 19.4 Å². The van der Waals surface area contributed by atoms with Gasteiger partial charge >= 0.3 is 0 Å². The van der Waals surface area contributed by atoms with Gasteiger partial charge in [0, 0.05) is 31.5 Å². The van der Waals surface area contributed by atoms with Crippen molar-refractivity contribution in [3.63, 3.8) is 0 Å². The van der Waals surface area contributed by atoms with Crippen LogP contribution in [0.15, 0.2) is 34.9 Å². The van der Waals surface area contributed by atoms with E-state index in [1.807, 2.05) is 11.0 Å². The molecule has 1 saturated heterocycles. The van der Waals surface area contributed by atoms with Gasteiger partial charge in [-0.1, -0.05) is 12.1 Å². The third kappa shape index (κ3) is 3.62. The van der Waals surface area contributed by atoms with Crippen molar-refractivity contribution in [3.05, 3.63) is 36.1 Å². The van der Waals surface area contributed by atoms with Crippen molar-refractivity contribution in [3.8, 4) is 0 Å². The van der Waals surface area contributed by atoms with Gasteiger partial charge in [0.25, 0.3) is 5.91 Å². The Bertz CT molecular complexity index is 706. The molecule has 1 atom stereocenters. The molecular weight excluding hydrogens is 306 g/mol. The number of hydrogen-bond acceptors (Lipinski definition) is 4. The minimum atomic E-state index is -0.804. The van der Waals surface area contributed by atoms with E-state index in [4.69, 9.17) is 13.9 Å². The van der Waals surface area contributed by atoms with E-state index >= 15 is 0 Å². The summed E-state index contributed by atoms with van der Waals surface area (Å²) in [7, 11) is 1.57. The molecule has 0 saturated carbocycles. The summed E-state index contributed by atoms with van der Waals surface area (Å²) in [6.07, 6.45) is 2.56. The zero-order valence-corrected chi connectivity index (χ0v) is 14.6. The van der Waals surface area contributed by atoms with E-state index in [1.54, 1.807) is 27.2 Å². The van der Waals surface area contributed by atoms with Gasteiger partial charge in [-0.3, -0.25) is 4.79 Å².